The second kappa shape index (κ2) is 6.13. The first-order valence-electron chi connectivity index (χ1n) is 9.84. The van der Waals surface area contributed by atoms with Crippen LogP contribution >= 0.6 is 0 Å². The van der Waals surface area contributed by atoms with Crippen LogP contribution in [0.25, 0.3) is 22.3 Å². The summed E-state index contributed by atoms with van der Waals surface area (Å²) in [6.07, 6.45) is -0.679. The lowest BCUT2D eigenvalue weighted by atomic mass is 9.86. The van der Waals surface area contributed by atoms with Crippen molar-refractivity contribution in [3.63, 3.8) is 0 Å². The lowest BCUT2D eigenvalue weighted by Crippen LogP contribution is -2.44. The average molecular weight is 408 g/mol. The van der Waals surface area contributed by atoms with Crippen molar-refractivity contribution in [1.29, 1.82) is 0 Å². The predicted octanol–water partition coefficient (Wildman–Crippen LogP) is 1.84. The van der Waals surface area contributed by atoms with E-state index in [1.54, 1.807) is 25.1 Å². The zero-order chi connectivity index (χ0) is 21.4. The summed E-state index contributed by atoms with van der Waals surface area (Å²) in [5.74, 6) is -0.711. The van der Waals surface area contributed by atoms with E-state index in [9.17, 15) is 24.9 Å². The summed E-state index contributed by atoms with van der Waals surface area (Å²) in [7, 11) is 0. The van der Waals surface area contributed by atoms with Crippen LogP contribution in [0.4, 0.5) is 0 Å². The maximum absolute atomic E-state index is 13.3. The van der Waals surface area contributed by atoms with Gasteiger partial charge >= 0.3 is 5.97 Å². The molecule has 0 spiro atoms. The number of aromatic hydroxyl groups is 1. The van der Waals surface area contributed by atoms with Gasteiger partial charge in [0.1, 0.15) is 12.4 Å². The molecule has 2 aromatic heterocycles. The Kier molecular flexibility index (Phi) is 3.84. The fraction of sp³-hybridized carbons (Fsp3) is 0.318. The Morgan fingerprint density at radius 1 is 1.27 bits per heavy atom. The molecule has 5 rings (SSSR count). The number of phenols is 1. The molecule has 2 aliphatic rings. The number of cyclic esters (lactones) is 1. The molecule has 1 unspecified atom stereocenters. The van der Waals surface area contributed by atoms with Gasteiger partial charge in [0.25, 0.3) is 5.56 Å². The monoisotopic (exact) mass is 408 g/mol. The van der Waals surface area contributed by atoms with Crippen molar-refractivity contribution in [3.05, 3.63) is 56.9 Å². The lowest BCUT2D eigenvalue weighted by Gasteiger charge is -2.31. The summed E-state index contributed by atoms with van der Waals surface area (Å²) < 4.78 is 6.28. The maximum atomic E-state index is 13.3. The molecule has 2 aliphatic heterocycles. The van der Waals surface area contributed by atoms with E-state index in [0.29, 0.717) is 34.3 Å². The molecular formula is C22H20N2O6. The number of aromatic nitrogens is 2. The minimum absolute atomic E-state index is 0.0434. The fourth-order valence-electron chi connectivity index (χ4n) is 4.61. The smallest absolute Gasteiger partial charge is 0.343 e. The van der Waals surface area contributed by atoms with Gasteiger partial charge in [0, 0.05) is 16.5 Å². The van der Waals surface area contributed by atoms with E-state index in [-0.39, 0.29) is 29.9 Å². The Bertz CT molecular complexity index is 1310. The standard InChI is InChI=1S/C22H20N2O6/c1-3-11-12-7-10(25)5-6-15(12)23-18-16-8-14-13(9-30-21(28)22(14,29)4-2)19(26)24(16)20(27)17(11)18/h5-8,20,25,27,29H,3-4,9H2,1-2H3/t20?,22-/m0/s1. The molecule has 0 aliphatic carbocycles. The number of fused-ring (bicyclic) bond motifs is 5. The molecule has 3 aromatic rings. The van der Waals surface area contributed by atoms with Crippen LogP contribution in [0, 0.1) is 0 Å². The minimum Gasteiger partial charge on any atom is -0.508 e. The molecule has 3 N–H and O–H groups in total. The molecule has 0 saturated heterocycles. The number of ether oxygens (including phenoxy) is 1. The maximum Gasteiger partial charge on any atom is 0.343 e. The summed E-state index contributed by atoms with van der Waals surface area (Å²) in [6, 6.07) is 6.36. The van der Waals surface area contributed by atoms with Crippen molar-refractivity contribution in [2.24, 2.45) is 0 Å². The van der Waals surface area contributed by atoms with Crippen LogP contribution in [-0.4, -0.2) is 30.8 Å². The van der Waals surface area contributed by atoms with E-state index in [4.69, 9.17) is 4.74 Å². The number of rotatable bonds is 2. The first-order chi connectivity index (χ1) is 14.3. The second-order valence-electron chi connectivity index (χ2n) is 7.67. The van der Waals surface area contributed by atoms with Gasteiger partial charge in [0.2, 0.25) is 0 Å². The Hall–Kier alpha value is -3.23. The van der Waals surface area contributed by atoms with Crippen LogP contribution in [-0.2, 0) is 28.2 Å². The molecular weight excluding hydrogens is 388 g/mol. The number of hydrogen-bond acceptors (Lipinski definition) is 7. The summed E-state index contributed by atoms with van der Waals surface area (Å²) in [5, 5.41) is 32.6. The molecule has 4 heterocycles. The molecule has 0 fully saturated rings. The van der Waals surface area contributed by atoms with Crippen molar-refractivity contribution >= 4 is 16.9 Å². The molecule has 1 aromatic carbocycles. The van der Waals surface area contributed by atoms with Gasteiger partial charge in [-0.25, -0.2) is 9.78 Å². The summed E-state index contributed by atoms with van der Waals surface area (Å²) >= 11 is 0. The third-order valence-electron chi connectivity index (χ3n) is 6.20. The van der Waals surface area contributed by atoms with Crippen molar-refractivity contribution < 1.29 is 24.9 Å². The lowest BCUT2D eigenvalue weighted by molar-refractivity contribution is -0.172. The van der Waals surface area contributed by atoms with Gasteiger partial charge in [0.05, 0.1) is 22.5 Å². The number of nitrogens with zero attached hydrogens (tertiary/aromatic N) is 2. The Morgan fingerprint density at radius 3 is 2.73 bits per heavy atom. The molecule has 8 nitrogen and oxygen atoms in total. The number of benzene rings is 1. The van der Waals surface area contributed by atoms with Gasteiger partial charge in [0.15, 0.2) is 11.8 Å². The molecule has 0 bridgehead atoms. The van der Waals surface area contributed by atoms with Gasteiger partial charge < -0.3 is 20.1 Å². The molecule has 0 amide bonds. The van der Waals surface area contributed by atoms with Crippen LogP contribution in [0.1, 0.15) is 48.8 Å². The number of pyridine rings is 2. The highest BCUT2D eigenvalue weighted by Gasteiger charge is 2.46. The Morgan fingerprint density at radius 2 is 2.03 bits per heavy atom. The first-order valence-corrected chi connectivity index (χ1v) is 9.84. The van der Waals surface area contributed by atoms with Crippen LogP contribution < -0.4 is 5.56 Å². The highest BCUT2D eigenvalue weighted by molar-refractivity contribution is 5.90. The molecule has 154 valence electrons. The predicted molar refractivity (Wildman–Crippen MR) is 107 cm³/mol. The Labute approximate surface area is 171 Å². The van der Waals surface area contributed by atoms with E-state index < -0.39 is 23.4 Å². The number of carbonyl (C=O) groups is 1. The number of aryl methyl sites for hydroxylation is 1. The number of phenolic OH excluding ortho intramolecular Hbond substituents is 1. The van der Waals surface area contributed by atoms with Crippen molar-refractivity contribution in [3.8, 4) is 17.1 Å². The second-order valence-corrected chi connectivity index (χ2v) is 7.67. The summed E-state index contributed by atoms with van der Waals surface area (Å²) in [4.78, 5) is 30.2. The molecule has 8 heteroatoms. The third kappa shape index (κ3) is 2.20. The normalized spacial score (nSPS) is 21.9. The molecule has 0 saturated carbocycles. The van der Waals surface area contributed by atoms with Crippen molar-refractivity contribution in [2.45, 2.75) is 45.1 Å². The van der Waals surface area contributed by atoms with Gasteiger partial charge in [-0.05, 0) is 42.7 Å². The number of esters is 1. The number of hydrogen-bond donors (Lipinski definition) is 3. The van der Waals surface area contributed by atoms with Crippen molar-refractivity contribution in [1.82, 2.24) is 9.55 Å². The zero-order valence-electron chi connectivity index (χ0n) is 16.5. The minimum atomic E-state index is -1.92. The average Bonchev–Trinajstić information content (AvgIpc) is 3.01. The van der Waals surface area contributed by atoms with Gasteiger partial charge in [-0.1, -0.05) is 13.8 Å². The van der Waals surface area contributed by atoms with E-state index >= 15 is 0 Å². The highest BCUT2D eigenvalue weighted by Crippen LogP contribution is 2.44. The largest absolute Gasteiger partial charge is 0.508 e. The van der Waals surface area contributed by atoms with Crippen LogP contribution in [0.5, 0.6) is 5.75 Å². The Balaban J connectivity index is 1.88. The van der Waals surface area contributed by atoms with E-state index in [2.05, 4.69) is 4.98 Å². The van der Waals surface area contributed by atoms with Gasteiger partial charge in [-0.2, -0.15) is 0 Å². The van der Waals surface area contributed by atoms with Crippen LogP contribution in [0.2, 0.25) is 0 Å². The third-order valence-corrected chi connectivity index (χ3v) is 6.20. The van der Waals surface area contributed by atoms with E-state index in [0.717, 1.165) is 5.56 Å². The summed E-state index contributed by atoms with van der Waals surface area (Å²) in [5.41, 5.74) is 0.535. The number of carbonyl (C=O) groups excluding carboxylic acids is 1. The summed E-state index contributed by atoms with van der Waals surface area (Å²) in [6.45, 7) is 3.30. The van der Waals surface area contributed by atoms with Crippen LogP contribution in [0.15, 0.2) is 29.1 Å². The topological polar surface area (TPSA) is 122 Å². The SMILES string of the molecule is CCc1c2c(nc3ccc(O)cc13)-c1cc3c(c(=O)n1C2O)COC(=O)[C@]3(O)CC. The van der Waals surface area contributed by atoms with Crippen LogP contribution in [0.3, 0.4) is 0 Å². The van der Waals surface area contributed by atoms with Gasteiger partial charge in [-0.3, -0.25) is 9.36 Å². The molecule has 0 radical (unpaired) electrons. The first kappa shape index (κ1) is 18.8. The van der Waals surface area contributed by atoms with Gasteiger partial charge in [-0.15, -0.1) is 0 Å². The van der Waals surface area contributed by atoms with E-state index in [1.807, 2.05) is 6.92 Å². The fourth-order valence-corrected chi connectivity index (χ4v) is 4.61. The highest BCUT2D eigenvalue weighted by atomic mass is 16.6. The molecule has 2 atom stereocenters. The number of aliphatic hydroxyl groups excluding tert-OH is 1. The molecule has 30 heavy (non-hydrogen) atoms. The van der Waals surface area contributed by atoms with E-state index in [1.165, 1.54) is 10.6 Å². The quantitative estimate of drug-likeness (QED) is 0.553. The zero-order valence-corrected chi connectivity index (χ0v) is 16.5. The number of aliphatic hydroxyl groups is 2. The van der Waals surface area contributed by atoms with Crippen molar-refractivity contribution in [2.75, 3.05) is 0 Å².